The zero-order valence-electron chi connectivity index (χ0n) is 7.13. The molecule has 0 saturated heterocycles. The van der Waals surface area contributed by atoms with Gasteiger partial charge in [0, 0.05) is 6.54 Å². The van der Waals surface area contributed by atoms with E-state index in [2.05, 4.69) is 10.5 Å². The van der Waals surface area contributed by atoms with Gasteiger partial charge in [-0.1, -0.05) is 19.0 Å². The average molecular weight is 158 g/mol. The third-order valence-corrected chi connectivity index (χ3v) is 1.36. The Morgan fingerprint density at radius 1 is 1.55 bits per heavy atom. The van der Waals surface area contributed by atoms with Crippen LogP contribution in [0.15, 0.2) is 5.18 Å². The monoisotopic (exact) mass is 158 g/mol. The van der Waals surface area contributed by atoms with Crippen molar-refractivity contribution in [2.45, 2.75) is 26.8 Å². The van der Waals surface area contributed by atoms with E-state index < -0.39 is 6.04 Å². The predicted octanol–water partition coefficient (Wildman–Crippen LogP) is 0.913. The van der Waals surface area contributed by atoms with Crippen molar-refractivity contribution >= 4 is 5.91 Å². The first-order valence-corrected chi connectivity index (χ1v) is 3.73. The zero-order valence-corrected chi connectivity index (χ0v) is 7.13. The highest BCUT2D eigenvalue weighted by Crippen LogP contribution is 2.05. The van der Waals surface area contributed by atoms with Gasteiger partial charge in [0.15, 0.2) is 6.04 Å². The largest absolute Gasteiger partial charge is 0.354 e. The molecule has 0 aromatic heterocycles. The number of likely N-dealkylation sites (N-methyl/N-ethyl adjacent to an activating group) is 1. The predicted molar refractivity (Wildman–Crippen MR) is 43.1 cm³/mol. The smallest absolute Gasteiger partial charge is 0.248 e. The molecule has 0 radical (unpaired) electrons. The Hall–Kier alpha value is -0.930. The fraction of sp³-hybridized carbons (Fsp3) is 0.857. The lowest BCUT2D eigenvalue weighted by molar-refractivity contribution is -0.123. The minimum absolute atomic E-state index is 0.0287. The van der Waals surface area contributed by atoms with Crippen molar-refractivity contribution in [1.29, 1.82) is 0 Å². The quantitative estimate of drug-likeness (QED) is 0.618. The van der Waals surface area contributed by atoms with E-state index in [-0.39, 0.29) is 11.8 Å². The van der Waals surface area contributed by atoms with E-state index in [4.69, 9.17) is 0 Å². The number of hydrogen-bond donors (Lipinski definition) is 1. The van der Waals surface area contributed by atoms with Crippen LogP contribution in [-0.2, 0) is 4.79 Å². The van der Waals surface area contributed by atoms with Crippen molar-refractivity contribution in [3.05, 3.63) is 4.91 Å². The maximum atomic E-state index is 11.0. The molecule has 0 rings (SSSR count). The summed E-state index contributed by atoms with van der Waals surface area (Å²) in [5.41, 5.74) is 0. The fourth-order valence-electron chi connectivity index (χ4n) is 0.751. The highest BCUT2D eigenvalue weighted by atomic mass is 16.3. The van der Waals surface area contributed by atoms with Crippen LogP contribution < -0.4 is 5.32 Å². The van der Waals surface area contributed by atoms with Gasteiger partial charge in [0.25, 0.3) is 0 Å². The van der Waals surface area contributed by atoms with E-state index in [1.807, 2.05) is 0 Å². The zero-order chi connectivity index (χ0) is 8.85. The number of nitrogens with zero attached hydrogens (tertiary/aromatic N) is 1. The van der Waals surface area contributed by atoms with Crippen LogP contribution in [0.4, 0.5) is 0 Å². The van der Waals surface area contributed by atoms with E-state index in [1.165, 1.54) is 0 Å². The molecule has 0 heterocycles. The van der Waals surface area contributed by atoms with Crippen LogP contribution in [0.25, 0.3) is 0 Å². The number of nitroso groups, excluding NO2 is 1. The topological polar surface area (TPSA) is 58.5 Å². The Morgan fingerprint density at radius 3 is 2.36 bits per heavy atom. The molecule has 11 heavy (non-hydrogen) atoms. The maximum Gasteiger partial charge on any atom is 0.248 e. The molecule has 0 spiro atoms. The molecule has 1 atom stereocenters. The Balaban J connectivity index is 4.03. The van der Waals surface area contributed by atoms with Gasteiger partial charge in [-0.15, -0.1) is 4.91 Å². The van der Waals surface area contributed by atoms with Crippen LogP contribution in [0, 0.1) is 10.8 Å². The third kappa shape index (κ3) is 3.11. The number of hydrogen-bond acceptors (Lipinski definition) is 3. The lowest BCUT2D eigenvalue weighted by atomic mass is 10.1. The standard InChI is InChI=1S/C7H14N2O2/c1-4-8-7(10)6(9-11)5(2)3/h5-6H,4H2,1-3H3,(H,8,10)/t6-/m0/s1. The van der Waals surface area contributed by atoms with Crippen molar-refractivity contribution in [3.8, 4) is 0 Å². The van der Waals surface area contributed by atoms with Crippen molar-refractivity contribution < 1.29 is 4.79 Å². The number of rotatable bonds is 4. The second-order valence-electron chi connectivity index (χ2n) is 2.69. The van der Waals surface area contributed by atoms with Crippen molar-refractivity contribution in [2.24, 2.45) is 11.1 Å². The molecule has 0 saturated carbocycles. The normalized spacial score (nSPS) is 12.7. The van der Waals surface area contributed by atoms with E-state index >= 15 is 0 Å². The molecule has 0 aromatic carbocycles. The highest BCUT2D eigenvalue weighted by Gasteiger charge is 2.21. The number of carbonyl (C=O) groups is 1. The van der Waals surface area contributed by atoms with Gasteiger partial charge in [0.2, 0.25) is 5.91 Å². The summed E-state index contributed by atoms with van der Waals surface area (Å²) in [6, 6.07) is -0.741. The van der Waals surface area contributed by atoms with E-state index in [0.29, 0.717) is 6.54 Å². The van der Waals surface area contributed by atoms with E-state index in [1.54, 1.807) is 20.8 Å². The van der Waals surface area contributed by atoms with E-state index in [9.17, 15) is 9.70 Å². The second-order valence-corrected chi connectivity index (χ2v) is 2.69. The van der Waals surface area contributed by atoms with Crippen LogP contribution in [0.5, 0.6) is 0 Å². The van der Waals surface area contributed by atoms with Gasteiger partial charge in [0.1, 0.15) is 0 Å². The molecule has 0 aliphatic carbocycles. The third-order valence-electron chi connectivity index (χ3n) is 1.36. The SMILES string of the molecule is CCNC(=O)[C@@H](N=O)C(C)C. The highest BCUT2D eigenvalue weighted by molar-refractivity contribution is 5.82. The molecule has 0 fully saturated rings. The van der Waals surface area contributed by atoms with Gasteiger partial charge < -0.3 is 5.32 Å². The average Bonchev–Trinajstić information content (AvgIpc) is 1.88. The molecule has 1 N–H and O–H groups in total. The fourth-order valence-corrected chi connectivity index (χ4v) is 0.751. The molecule has 0 aliphatic rings. The minimum Gasteiger partial charge on any atom is -0.354 e. The molecule has 64 valence electrons. The molecule has 0 unspecified atom stereocenters. The molecular formula is C7H14N2O2. The summed E-state index contributed by atoms with van der Waals surface area (Å²) in [4.78, 5) is 21.2. The van der Waals surface area contributed by atoms with Gasteiger partial charge in [-0.2, -0.15) is 0 Å². The molecule has 4 heteroatoms. The molecule has 1 amide bonds. The van der Waals surface area contributed by atoms with Crippen LogP contribution >= 0.6 is 0 Å². The number of carbonyl (C=O) groups excluding carboxylic acids is 1. The first-order chi connectivity index (χ1) is 5.13. The van der Waals surface area contributed by atoms with Gasteiger partial charge in [-0.25, -0.2) is 0 Å². The Labute approximate surface area is 66.3 Å². The Morgan fingerprint density at radius 2 is 2.09 bits per heavy atom. The van der Waals surface area contributed by atoms with Gasteiger partial charge >= 0.3 is 0 Å². The lowest BCUT2D eigenvalue weighted by Crippen LogP contribution is -2.36. The summed E-state index contributed by atoms with van der Waals surface area (Å²) >= 11 is 0. The summed E-state index contributed by atoms with van der Waals surface area (Å²) in [6.45, 7) is 5.93. The first kappa shape index (κ1) is 10.1. The van der Waals surface area contributed by atoms with Crippen LogP contribution in [0.3, 0.4) is 0 Å². The van der Waals surface area contributed by atoms with Crippen LogP contribution in [0.1, 0.15) is 20.8 Å². The summed E-state index contributed by atoms with van der Waals surface area (Å²) in [6.07, 6.45) is 0. The van der Waals surface area contributed by atoms with Crippen molar-refractivity contribution in [1.82, 2.24) is 5.32 Å². The molecule has 4 nitrogen and oxygen atoms in total. The van der Waals surface area contributed by atoms with Gasteiger partial charge in [0.05, 0.1) is 0 Å². The molecule has 0 aromatic rings. The summed E-state index contributed by atoms with van der Waals surface area (Å²) < 4.78 is 0. The Kier molecular flexibility index (Phi) is 4.41. The van der Waals surface area contributed by atoms with Crippen LogP contribution in [0.2, 0.25) is 0 Å². The maximum absolute atomic E-state index is 11.0. The molecule has 0 aliphatic heterocycles. The van der Waals surface area contributed by atoms with Crippen molar-refractivity contribution in [3.63, 3.8) is 0 Å². The van der Waals surface area contributed by atoms with Crippen molar-refractivity contribution in [2.75, 3.05) is 6.54 Å². The Bertz CT molecular complexity index is 145. The number of amides is 1. The summed E-state index contributed by atoms with van der Waals surface area (Å²) in [5, 5.41) is 5.29. The summed E-state index contributed by atoms with van der Waals surface area (Å²) in [5.74, 6) is -0.309. The lowest BCUT2D eigenvalue weighted by Gasteiger charge is -2.11. The minimum atomic E-state index is -0.741. The molecule has 0 bridgehead atoms. The van der Waals surface area contributed by atoms with Gasteiger partial charge in [-0.05, 0) is 12.8 Å². The first-order valence-electron chi connectivity index (χ1n) is 3.73. The number of nitrogens with one attached hydrogen (secondary N) is 1. The van der Waals surface area contributed by atoms with Crippen LogP contribution in [-0.4, -0.2) is 18.5 Å². The summed E-state index contributed by atoms with van der Waals surface area (Å²) in [7, 11) is 0. The van der Waals surface area contributed by atoms with Gasteiger partial charge in [-0.3, -0.25) is 4.79 Å². The molecular weight excluding hydrogens is 144 g/mol. The second kappa shape index (κ2) is 4.82. The van der Waals surface area contributed by atoms with E-state index in [0.717, 1.165) is 0 Å².